The number of rotatable bonds is 2. The summed E-state index contributed by atoms with van der Waals surface area (Å²) in [6.45, 7) is 8.11. The van der Waals surface area contributed by atoms with Gasteiger partial charge >= 0.3 is 0 Å². The van der Waals surface area contributed by atoms with Crippen LogP contribution in [0.25, 0.3) is 22.3 Å². The Morgan fingerprint density at radius 3 is 2.00 bits per heavy atom. The first kappa shape index (κ1) is 23.5. The maximum absolute atomic E-state index is 11.4. The molecule has 0 atom stereocenters. The summed E-state index contributed by atoms with van der Waals surface area (Å²) in [5.74, 6) is 0.550. The van der Waals surface area contributed by atoms with E-state index in [1.54, 1.807) is 17.2 Å². The van der Waals surface area contributed by atoms with Crippen molar-refractivity contribution in [2.45, 2.75) is 54.6 Å². The normalized spacial score (nSPS) is 10.6. The van der Waals surface area contributed by atoms with Gasteiger partial charge in [0.25, 0.3) is 5.56 Å². The monoisotopic (exact) mass is 402 g/mol. The fourth-order valence-electron chi connectivity index (χ4n) is 2.57. The number of nitrogens with zero attached hydrogens (tertiary/aromatic N) is 7. The lowest BCUT2D eigenvalue weighted by Gasteiger charge is -2.06. The van der Waals surface area contributed by atoms with E-state index in [4.69, 9.17) is 11.5 Å². The van der Waals surface area contributed by atoms with E-state index in [0.29, 0.717) is 28.5 Å². The minimum absolute atomic E-state index is 0. The predicted molar refractivity (Wildman–Crippen MR) is 117 cm³/mol. The lowest BCUT2D eigenvalue weighted by atomic mass is 10.4. The Bertz CT molecular complexity index is 1140. The molecule has 0 radical (unpaired) electrons. The van der Waals surface area contributed by atoms with E-state index in [1.165, 1.54) is 6.33 Å². The van der Waals surface area contributed by atoms with E-state index in [1.807, 2.05) is 18.4 Å². The van der Waals surface area contributed by atoms with Gasteiger partial charge in [0.15, 0.2) is 22.6 Å². The number of aromatic amines is 1. The first-order valence-electron chi connectivity index (χ1n) is 8.45. The van der Waals surface area contributed by atoms with Crippen molar-refractivity contribution < 1.29 is 0 Å². The first-order chi connectivity index (χ1) is 12.8. The lowest BCUT2D eigenvalue weighted by molar-refractivity contribution is 0.612. The van der Waals surface area contributed by atoms with Crippen molar-refractivity contribution in [1.82, 2.24) is 39.0 Å². The molecular weight excluding hydrogens is 372 g/mol. The standard InChI is InChI=1S/C8H11N5O.C8H11N5.2CH4/c1-4(2)13-3-10-5-6(13)11-8(9)12-7(5)14;1-5(2)13-4-12-6-7(9)10-3-11-8(6)13;;/h3-4H,1-2H3,(H3,9,11,12,14);3-5H,1-2H3,(H2,9,10,11);2*1H4. The number of anilines is 2. The van der Waals surface area contributed by atoms with Crippen LogP contribution in [0.4, 0.5) is 11.8 Å². The number of nitrogens with two attached hydrogens (primary N) is 2. The van der Waals surface area contributed by atoms with Gasteiger partial charge in [-0.25, -0.2) is 19.9 Å². The van der Waals surface area contributed by atoms with Crippen molar-refractivity contribution in [1.29, 1.82) is 0 Å². The Labute approximate surface area is 169 Å². The fourth-order valence-corrected chi connectivity index (χ4v) is 2.57. The van der Waals surface area contributed by atoms with Gasteiger partial charge < -0.3 is 20.6 Å². The number of aromatic nitrogens is 8. The number of imidazole rings is 2. The number of fused-ring (bicyclic) bond motifs is 2. The highest BCUT2D eigenvalue weighted by molar-refractivity contribution is 5.81. The summed E-state index contributed by atoms with van der Waals surface area (Å²) in [6, 6.07) is 0.535. The number of hydrogen-bond acceptors (Lipinski definition) is 8. The highest BCUT2D eigenvalue weighted by atomic mass is 16.1. The minimum atomic E-state index is -0.299. The molecule has 4 rings (SSSR count). The zero-order valence-corrected chi connectivity index (χ0v) is 15.6. The van der Waals surface area contributed by atoms with Gasteiger partial charge in [-0.05, 0) is 27.7 Å². The summed E-state index contributed by atoms with van der Waals surface area (Å²) in [7, 11) is 0. The van der Waals surface area contributed by atoms with Crippen molar-refractivity contribution in [2.24, 2.45) is 0 Å². The van der Waals surface area contributed by atoms with Gasteiger partial charge in [0.2, 0.25) is 5.95 Å². The number of hydrogen-bond donors (Lipinski definition) is 3. The van der Waals surface area contributed by atoms with E-state index in [-0.39, 0.29) is 32.4 Å². The van der Waals surface area contributed by atoms with Crippen molar-refractivity contribution in [2.75, 3.05) is 11.5 Å². The Hall–Kier alpha value is -3.50. The topological polar surface area (TPSA) is 159 Å². The summed E-state index contributed by atoms with van der Waals surface area (Å²) in [5.41, 5.74) is 13.1. The van der Waals surface area contributed by atoms with E-state index in [0.717, 1.165) is 5.65 Å². The Kier molecular flexibility index (Phi) is 7.41. The Balaban J connectivity index is 0.000000272. The van der Waals surface area contributed by atoms with Gasteiger partial charge in [-0.2, -0.15) is 4.98 Å². The van der Waals surface area contributed by atoms with Gasteiger partial charge in [-0.1, -0.05) is 14.9 Å². The van der Waals surface area contributed by atoms with Gasteiger partial charge in [0.05, 0.1) is 12.7 Å². The summed E-state index contributed by atoms with van der Waals surface area (Å²) < 4.78 is 3.77. The molecule has 158 valence electrons. The molecule has 0 spiro atoms. The van der Waals surface area contributed by atoms with Gasteiger partial charge in [0.1, 0.15) is 11.8 Å². The molecule has 4 aromatic rings. The third-order valence-electron chi connectivity index (χ3n) is 3.95. The van der Waals surface area contributed by atoms with Crippen LogP contribution in [-0.2, 0) is 0 Å². The van der Waals surface area contributed by atoms with Crippen molar-refractivity contribution in [3.05, 3.63) is 29.3 Å². The van der Waals surface area contributed by atoms with E-state index >= 15 is 0 Å². The molecule has 0 amide bonds. The van der Waals surface area contributed by atoms with E-state index in [2.05, 4.69) is 43.8 Å². The molecule has 5 N–H and O–H groups in total. The molecule has 0 bridgehead atoms. The summed E-state index contributed by atoms with van der Waals surface area (Å²) in [6.07, 6.45) is 4.79. The molecule has 29 heavy (non-hydrogen) atoms. The second-order valence-corrected chi connectivity index (χ2v) is 6.55. The molecular formula is C18H30N10O. The van der Waals surface area contributed by atoms with Gasteiger partial charge in [0, 0.05) is 12.1 Å². The molecule has 0 fully saturated rings. The largest absolute Gasteiger partial charge is 0.382 e. The smallest absolute Gasteiger partial charge is 0.280 e. The average molecular weight is 403 g/mol. The minimum Gasteiger partial charge on any atom is -0.382 e. The first-order valence-corrected chi connectivity index (χ1v) is 8.45. The molecule has 4 heterocycles. The van der Waals surface area contributed by atoms with Crippen molar-refractivity contribution in [3.8, 4) is 0 Å². The molecule has 0 saturated heterocycles. The van der Waals surface area contributed by atoms with E-state index in [9.17, 15) is 4.79 Å². The summed E-state index contributed by atoms with van der Waals surface area (Å²) in [4.78, 5) is 34.0. The third kappa shape index (κ3) is 4.50. The molecule has 11 nitrogen and oxygen atoms in total. The highest BCUT2D eigenvalue weighted by Crippen LogP contribution is 2.17. The maximum atomic E-state index is 11.4. The molecule has 0 aliphatic carbocycles. The van der Waals surface area contributed by atoms with Crippen LogP contribution < -0.4 is 17.0 Å². The van der Waals surface area contributed by atoms with E-state index < -0.39 is 0 Å². The molecule has 0 aliphatic heterocycles. The summed E-state index contributed by atoms with van der Waals surface area (Å²) in [5, 5.41) is 0. The average Bonchev–Trinajstić information content (AvgIpc) is 3.20. The third-order valence-corrected chi connectivity index (χ3v) is 3.95. The maximum Gasteiger partial charge on any atom is 0.280 e. The van der Waals surface area contributed by atoms with Crippen molar-refractivity contribution in [3.63, 3.8) is 0 Å². The zero-order chi connectivity index (χ0) is 19.7. The van der Waals surface area contributed by atoms with Crippen molar-refractivity contribution >= 4 is 34.1 Å². The number of nitrogens with one attached hydrogen (secondary N) is 1. The van der Waals surface area contributed by atoms with Crippen LogP contribution in [0.2, 0.25) is 0 Å². The molecule has 0 aromatic carbocycles. The fraction of sp³-hybridized carbons (Fsp3) is 0.444. The van der Waals surface area contributed by atoms with Crippen LogP contribution in [0.5, 0.6) is 0 Å². The molecule has 0 aliphatic rings. The Morgan fingerprint density at radius 1 is 0.862 bits per heavy atom. The van der Waals surface area contributed by atoms with Crippen LogP contribution in [0.3, 0.4) is 0 Å². The van der Waals surface area contributed by atoms with Gasteiger partial charge in [-0.3, -0.25) is 9.78 Å². The SMILES string of the molecule is C.C.CC(C)n1cnc2c(=O)[nH]c(N)nc21.CC(C)n1cnc2c(N)ncnc21. The number of nitrogen functional groups attached to an aromatic ring is 2. The molecule has 0 unspecified atom stereocenters. The predicted octanol–water partition coefficient (Wildman–Crippen LogP) is 2.54. The lowest BCUT2D eigenvalue weighted by Crippen LogP contribution is -2.12. The molecule has 4 aromatic heterocycles. The summed E-state index contributed by atoms with van der Waals surface area (Å²) >= 11 is 0. The van der Waals surface area contributed by atoms with Crippen LogP contribution in [0.1, 0.15) is 54.6 Å². The zero-order valence-electron chi connectivity index (χ0n) is 15.6. The molecule has 0 saturated carbocycles. The Morgan fingerprint density at radius 2 is 1.41 bits per heavy atom. The number of H-pyrrole nitrogens is 1. The second kappa shape index (κ2) is 9.13. The van der Waals surface area contributed by atoms with Crippen LogP contribution in [0.15, 0.2) is 23.8 Å². The van der Waals surface area contributed by atoms with Crippen LogP contribution in [0, 0.1) is 0 Å². The quantitative estimate of drug-likeness (QED) is 0.461. The highest BCUT2D eigenvalue weighted by Gasteiger charge is 2.10. The molecule has 11 heteroatoms. The van der Waals surface area contributed by atoms with Crippen LogP contribution >= 0.6 is 0 Å². The second-order valence-electron chi connectivity index (χ2n) is 6.55. The van der Waals surface area contributed by atoms with Crippen LogP contribution in [-0.4, -0.2) is 39.0 Å². The van der Waals surface area contributed by atoms with Gasteiger partial charge in [-0.15, -0.1) is 0 Å².